The van der Waals surface area contributed by atoms with Crippen molar-refractivity contribution in [3.63, 3.8) is 0 Å². The number of hydrogen-bond acceptors (Lipinski definition) is 3. The summed E-state index contributed by atoms with van der Waals surface area (Å²) in [6, 6.07) is 3.47. The first kappa shape index (κ1) is 13.5. The first-order valence-corrected chi connectivity index (χ1v) is 6.87. The van der Waals surface area contributed by atoms with Crippen molar-refractivity contribution in [1.82, 2.24) is 9.97 Å². The quantitative estimate of drug-likeness (QED) is 0.895. The maximum atomic E-state index is 12.7. The second kappa shape index (κ2) is 4.82. The van der Waals surface area contributed by atoms with Crippen molar-refractivity contribution < 1.29 is 18.3 Å². The number of rotatable bonds is 2. The number of aliphatic hydroxyl groups excluding tert-OH is 1. The Morgan fingerprint density at radius 1 is 1.35 bits per heavy atom. The molecule has 2 heterocycles. The van der Waals surface area contributed by atoms with Crippen LogP contribution < -0.4 is 0 Å². The number of imidazole rings is 1. The van der Waals surface area contributed by atoms with E-state index >= 15 is 0 Å². The summed E-state index contributed by atoms with van der Waals surface area (Å²) in [6.45, 7) is 0. The van der Waals surface area contributed by atoms with Gasteiger partial charge >= 0.3 is 6.18 Å². The molecule has 0 saturated carbocycles. The van der Waals surface area contributed by atoms with E-state index in [1.807, 2.05) is 0 Å². The molecule has 0 radical (unpaired) electrons. The van der Waals surface area contributed by atoms with E-state index in [-0.39, 0.29) is 5.25 Å². The molecule has 0 unspecified atom stereocenters. The van der Waals surface area contributed by atoms with Gasteiger partial charge in [-0.1, -0.05) is 6.07 Å². The van der Waals surface area contributed by atoms with Crippen LogP contribution in [-0.4, -0.2) is 20.3 Å². The molecule has 2 N–H and O–H groups in total. The third-order valence-corrected chi connectivity index (χ3v) is 4.57. The number of halogens is 3. The van der Waals surface area contributed by atoms with Crippen LogP contribution in [-0.2, 0) is 12.6 Å². The van der Waals surface area contributed by atoms with Crippen LogP contribution in [0.3, 0.4) is 0 Å². The summed E-state index contributed by atoms with van der Waals surface area (Å²) < 4.78 is 38.0. The van der Waals surface area contributed by atoms with Crippen molar-refractivity contribution >= 4 is 11.8 Å². The van der Waals surface area contributed by atoms with Crippen molar-refractivity contribution in [2.24, 2.45) is 0 Å². The van der Waals surface area contributed by atoms with Gasteiger partial charge < -0.3 is 10.1 Å². The molecule has 2 atom stereocenters. The fourth-order valence-electron chi connectivity index (χ4n) is 2.24. The van der Waals surface area contributed by atoms with Gasteiger partial charge in [-0.3, -0.25) is 0 Å². The molecule has 20 heavy (non-hydrogen) atoms. The van der Waals surface area contributed by atoms with Crippen LogP contribution in [0, 0.1) is 0 Å². The van der Waals surface area contributed by atoms with Crippen molar-refractivity contribution in [1.29, 1.82) is 0 Å². The normalized spacial score (nSPS) is 22.0. The number of nitrogens with one attached hydrogen (secondary N) is 1. The number of thioether (sulfide) groups is 1. The second-order valence-electron chi connectivity index (χ2n) is 4.59. The largest absolute Gasteiger partial charge is 0.416 e. The molecule has 106 valence electrons. The number of aromatic nitrogens is 2. The highest BCUT2D eigenvalue weighted by atomic mass is 32.2. The molecular weight excluding hydrogens is 289 g/mol. The Hall–Kier alpha value is -1.47. The highest BCUT2D eigenvalue weighted by molar-refractivity contribution is 8.00. The van der Waals surface area contributed by atoms with Gasteiger partial charge in [0.2, 0.25) is 0 Å². The summed E-state index contributed by atoms with van der Waals surface area (Å²) in [5.74, 6) is 0.713. The molecule has 0 saturated heterocycles. The van der Waals surface area contributed by atoms with Crippen molar-refractivity contribution in [2.75, 3.05) is 0 Å². The maximum absolute atomic E-state index is 12.7. The first-order chi connectivity index (χ1) is 9.45. The number of H-pyrrole nitrogens is 1. The van der Waals surface area contributed by atoms with Gasteiger partial charge in [-0.05, 0) is 17.7 Å². The lowest BCUT2D eigenvalue weighted by atomic mass is 10.0. The molecule has 0 amide bonds. The minimum atomic E-state index is -4.36. The van der Waals surface area contributed by atoms with Crippen LogP contribution in [0.1, 0.15) is 23.1 Å². The van der Waals surface area contributed by atoms with Gasteiger partial charge in [0, 0.05) is 29.0 Å². The van der Waals surface area contributed by atoms with Gasteiger partial charge in [-0.25, -0.2) is 4.98 Å². The summed E-state index contributed by atoms with van der Waals surface area (Å²) in [7, 11) is 0. The monoisotopic (exact) mass is 300 g/mol. The summed E-state index contributed by atoms with van der Waals surface area (Å²) in [4.78, 5) is 7.49. The molecule has 1 aliphatic rings. The van der Waals surface area contributed by atoms with E-state index in [4.69, 9.17) is 0 Å². The average molecular weight is 300 g/mol. The van der Waals surface area contributed by atoms with Gasteiger partial charge in [-0.15, -0.1) is 11.8 Å². The molecule has 1 aliphatic heterocycles. The molecule has 0 aliphatic carbocycles. The van der Waals surface area contributed by atoms with Crippen LogP contribution in [0.15, 0.2) is 35.5 Å². The number of hydrogen-bond donors (Lipinski definition) is 2. The number of nitrogens with zero attached hydrogens (tertiary/aromatic N) is 1. The molecule has 1 aromatic carbocycles. The molecule has 0 bridgehead atoms. The van der Waals surface area contributed by atoms with E-state index in [1.165, 1.54) is 17.8 Å². The van der Waals surface area contributed by atoms with E-state index in [0.717, 1.165) is 12.1 Å². The standard InChI is InChI=1S/C13H11F3N2OS/c14-13(15,16)7-1-2-8-9(5-7)20-10(12(8)19)6-11-17-3-4-18-11/h1-5,10,12,19H,6H2,(H,17,18)/t10-,12-/m0/s1. The second-order valence-corrected chi connectivity index (χ2v) is 5.87. The van der Waals surface area contributed by atoms with E-state index in [2.05, 4.69) is 9.97 Å². The third kappa shape index (κ3) is 2.43. The zero-order chi connectivity index (χ0) is 14.3. The molecular formula is C13H11F3N2OS. The fourth-order valence-corrected chi connectivity index (χ4v) is 3.60. The Bertz CT molecular complexity index is 613. The highest BCUT2D eigenvalue weighted by Crippen LogP contribution is 2.46. The molecule has 3 nitrogen and oxygen atoms in total. The fraction of sp³-hybridized carbons (Fsp3) is 0.308. The molecule has 7 heteroatoms. The van der Waals surface area contributed by atoms with Gasteiger partial charge in [0.25, 0.3) is 0 Å². The van der Waals surface area contributed by atoms with E-state index in [0.29, 0.717) is 22.7 Å². The zero-order valence-corrected chi connectivity index (χ0v) is 11.0. The van der Waals surface area contributed by atoms with Crippen molar-refractivity contribution in [2.45, 2.75) is 28.8 Å². The number of fused-ring (bicyclic) bond motifs is 1. The molecule has 2 aromatic rings. The smallest absolute Gasteiger partial charge is 0.387 e. The Balaban J connectivity index is 1.84. The molecule has 0 spiro atoms. The van der Waals surface area contributed by atoms with E-state index in [1.54, 1.807) is 12.4 Å². The van der Waals surface area contributed by atoms with Crippen LogP contribution in [0.4, 0.5) is 13.2 Å². The number of aromatic amines is 1. The van der Waals surface area contributed by atoms with Gasteiger partial charge in [0.15, 0.2) is 0 Å². The SMILES string of the molecule is O[C@H]1c2ccc(C(F)(F)F)cc2S[C@H]1Cc1ncc[nH]1. The predicted molar refractivity (Wildman–Crippen MR) is 68.3 cm³/mol. The van der Waals surface area contributed by atoms with Crippen LogP contribution in [0.5, 0.6) is 0 Å². The summed E-state index contributed by atoms with van der Waals surface area (Å²) in [6.07, 6.45) is -1.37. The highest BCUT2D eigenvalue weighted by Gasteiger charge is 2.36. The topological polar surface area (TPSA) is 48.9 Å². The molecule has 0 fully saturated rings. The summed E-state index contributed by atoms with van der Waals surface area (Å²) in [5, 5.41) is 9.97. The summed E-state index contributed by atoms with van der Waals surface area (Å²) >= 11 is 1.26. The predicted octanol–water partition coefficient (Wildman–Crippen LogP) is 3.18. The Kier molecular flexibility index (Phi) is 3.25. The van der Waals surface area contributed by atoms with Crippen LogP contribution >= 0.6 is 11.8 Å². The van der Waals surface area contributed by atoms with E-state index in [9.17, 15) is 18.3 Å². The van der Waals surface area contributed by atoms with Crippen LogP contribution in [0.25, 0.3) is 0 Å². The van der Waals surface area contributed by atoms with Gasteiger partial charge in [-0.2, -0.15) is 13.2 Å². The number of alkyl halides is 3. The Morgan fingerprint density at radius 3 is 2.80 bits per heavy atom. The van der Waals surface area contributed by atoms with E-state index < -0.39 is 17.8 Å². The van der Waals surface area contributed by atoms with Gasteiger partial charge in [0.05, 0.1) is 11.7 Å². The lowest BCUT2D eigenvalue weighted by Gasteiger charge is -2.12. The summed E-state index contributed by atoms with van der Waals surface area (Å²) in [5.41, 5.74) is -0.130. The average Bonchev–Trinajstić information content (AvgIpc) is 2.98. The maximum Gasteiger partial charge on any atom is 0.416 e. The van der Waals surface area contributed by atoms with Crippen LogP contribution in [0.2, 0.25) is 0 Å². The number of aliphatic hydroxyl groups is 1. The first-order valence-electron chi connectivity index (χ1n) is 5.99. The Morgan fingerprint density at radius 2 is 2.15 bits per heavy atom. The Labute approximate surface area is 117 Å². The third-order valence-electron chi connectivity index (χ3n) is 3.24. The van der Waals surface area contributed by atoms with Crippen molar-refractivity contribution in [3.05, 3.63) is 47.5 Å². The molecule has 3 rings (SSSR count). The zero-order valence-electron chi connectivity index (χ0n) is 10.2. The minimum Gasteiger partial charge on any atom is -0.387 e. The minimum absolute atomic E-state index is 0.223. The van der Waals surface area contributed by atoms with Gasteiger partial charge in [0.1, 0.15) is 5.82 Å². The molecule has 1 aromatic heterocycles. The lowest BCUT2D eigenvalue weighted by Crippen LogP contribution is -2.13. The van der Waals surface area contributed by atoms with Crippen molar-refractivity contribution in [3.8, 4) is 0 Å². The lowest BCUT2D eigenvalue weighted by molar-refractivity contribution is -0.137. The number of benzene rings is 1.